The first-order valence-electron chi connectivity index (χ1n) is 9.06. The molecule has 2 N–H and O–H groups in total. The molecule has 0 unspecified atom stereocenters. The number of para-hydroxylation sites is 1. The van der Waals surface area contributed by atoms with Crippen molar-refractivity contribution in [3.63, 3.8) is 0 Å². The average Bonchev–Trinajstić information content (AvgIpc) is 2.69. The minimum atomic E-state index is -0.317. The molecule has 0 atom stereocenters. The molecular formula is C22H23N3O2. The highest BCUT2D eigenvalue weighted by Crippen LogP contribution is 2.22. The van der Waals surface area contributed by atoms with Gasteiger partial charge in [-0.1, -0.05) is 48.5 Å². The lowest BCUT2D eigenvalue weighted by atomic mass is 10.1. The van der Waals surface area contributed by atoms with E-state index in [-0.39, 0.29) is 24.9 Å². The van der Waals surface area contributed by atoms with Crippen molar-refractivity contribution in [1.82, 2.24) is 5.32 Å². The number of urea groups is 1. The molecule has 3 aromatic carbocycles. The Kier molecular flexibility index (Phi) is 6.05. The molecule has 0 radical (unpaired) electrons. The zero-order valence-electron chi connectivity index (χ0n) is 15.3. The van der Waals surface area contributed by atoms with Crippen molar-refractivity contribution in [3.05, 3.63) is 72.8 Å². The van der Waals surface area contributed by atoms with Crippen LogP contribution in [0, 0.1) is 0 Å². The maximum Gasteiger partial charge on any atom is 0.319 e. The van der Waals surface area contributed by atoms with Crippen molar-refractivity contribution in [1.29, 1.82) is 0 Å². The molecule has 0 aliphatic carbocycles. The molecule has 3 rings (SSSR count). The van der Waals surface area contributed by atoms with E-state index in [0.717, 1.165) is 16.5 Å². The molecule has 0 fully saturated rings. The van der Waals surface area contributed by atoms with E-state index in [1.54, 1.807) is 4.90 Å². The third-order valence-electron chi connectivity index (χ3n) is 4.32. The van der Waals surface area contributed by atoms with Gasteiger partial charge < -0.3 is 15.5 Å². The van der Waals surface area contributed by atoms with E-state index in [1.807, 2.05) is 79.7 Å². The lowest BCUT2D eigenvalue weighted by Gasteiger charge is -2.21. The molecule has 0 spiro atoms. The number of nitrogens with one attached hydrogen (secondary N) is 2. The Balaban J connectivity index is 1.55. The highest BCUT2D eigenvalue weighted by Gasteiger charge is 2.14. The van der Waals surface area contributed by atoms with Gasteiger partial charge in [0, 0.05) is 30.9 Å². The molecule has 0 aromatic heterocycles. The first-order valence-corrected chi connectivity index (χ1v) is 9.06. The maximum atomic E-state index is 12.6. The number of rotatable bonds is 6. The van der Waals surface area contributed by atoms with Gasteiger partial charge in [0.05, 0.1) is 0 Å². The van der Waals surface area contributed by atoms with E-state index >= 15 is 0 Å². The zero-order chi connectivity index (χ0) is 19.1. The number of hydrogen-bond acceptors (Lipinski definition) is 2. The van der Waals surface area contributed by atoms with Crippen LogP contribution in [0.2, 0.25) is 0 Å². The largest absolute Gasteiger partial charge is 0.337 e. The lowest BCUT2D eigenvalue weighted by Crippen LogP contribution is -2.35. The van der Waals surface area contributed by atoms with Gasteiger partial charge in [-0.2, -0.15) is 0 Å². The molecule has 5 nitrogen and oxygen atoms in total. The van der Waals surface area contributed by atoms with Gasteiger partial charge in [0.1, 0.15) is 0 Å². The summed E-state index contributed by atoms with van der Waals surface area (Å²) < 4.78 is 0. The van der Waals surface area contributed by atoms with Gasteiger partial charge in [-0.3, -0.25) is 4.79 Å². The monoisotopic (exact) mass is 361 g/mol. The van der Waals surface area contributed by atoms with E-state index in [1.165, 1.54) is 0 Å². The van der Waals surface area contributed by atoms with Crippen LogP contribution in [0.15, 0.2) is 72.8 Å². The molecule has 0 heterocycles. The second kappa shape index (κ2) is 8.85. The smallest absolute Gasteiger partial charge is 0.319 e. The number of carbonyl (C=O) groups excluding carboxylic acids is 2. The molecule has 0 saturated carbocycles. The molecule has 0 aliphatic rings. The van der Waals surface area contributed by atoms with Crippen molar-refractivity contribution in [2.75, 3.05) is 23.3 Å². The van der Waals surface area contributed by atoms with Crippen molar-refractivity contribution in [2.24, 2.45) is 0 Å². The molecule has 27 heavy (non-hydrogen) atoms. The first kappa shape index (κ1) is 18.5. The van der Waals surface area contributed by atoms with Gasteiger partial charge in [0.15, 0.2) is 0 Å². The summed E-state index contributed by atoms with van der Waals surface area (Å²) in [6, 6.07) is 22.9. The Labute approximate surface area is 159 Å². The summed E-state index contributed by atoms with van der Waals surface area (Å²) in [5.74, 6) is -0.0206. The third-order valence-corrected chi connectivity index (χ3v) is 4.32. The molecule has 138 valence electrons. The fourth-order valence-corrected chi connectivity index (χ4v) is 2.96. The lowest BCUT2D eigenvalue weighted by molar-refractivity contribution is -0.118. The van der Waals surface area contributed by atoms with Crippen LogP contribution < -0.4 is 15.5 Å². The fraction of sp³-hybridized carbons (Fsp3) is 0.182. The molecule has 3 amide bonds. The molecule has 0 bridgehead atoms. The standard InChI is InChI=1S/C22H23N3O2/c1-2-25(20-13-12-17-8-6-7-9-18(17)16-20)21(26)14-15-23-22(27)24-19-10-4-3-5-11-19/h3-13,16H,2,14-15H2,1H3,(H2,23,24,27). The highest BCUT2D eigenvalue weighted by molar-refractivity contribution is 5.97. The van der Waals surface area contributed by atoms with Crippen molar-refractivity contribution < 1.29 is 9.59 Å². The third kappa shape index (κ3) is 4.85. The maximum absolute atomic E-state index is 12.6. The van der Waals surface area contributed by atoms with Crippen molar-refractivity contribution in [3.8, 4) is 0 Å². The SMILES string of the molecule is CCN(C(=O)CCNC(=O)Nc1ccccc1)c1ccc2ccccc2c1. The van der Waals surface area contributed by atoms with Crippen LogP contribution in [0.1, 0.15) is 13.3 Å². The number of carbonyl (C=O) groups is 2. The summed E-state index contributed by atoms with van der Waals surface area (Å²) in [6.07, 6.45) is 0.239. The molecule has 0 aliphatic heterocycles. The number of nitrogens with zero attached hydrogens (tertiary/aromatic N) is 1. The minimum absolute atomic E-state index is 0.0206. The predicted molar refractivity (Wildman–Crippen MR) is 110 cm³/mol. The van der Waals surface area contributed by atoms with Gasteiger partial charge >= 0.3 is 6.03 Å². The second-order valence-electron chi connectivity index (χ2n) is 6.17. The van der Waals surface area contributed by atoms with Gasteiger partial charge in [-0.15, -0.1) is 0 Å². The van der Waals surface area contributed by atoms with Crippen molar-refractivity contribution in [2.45, 2.75) is 13.3 Å². The Hall–Kier alpha value is -3.34. The zero-order valence-corrected chi connectivity index (χ0v) is 15.3. The number of amides is 3. The second-order valence-corrected chi connectivity index (χ2v) is 6.17. The van der Waals surface area contributed by atoms with Crippen LogP contribution in [0.3, 0.4) is 0 Å². The van der Waals surface area contributed by atoms with Crippen LogP contribution >= 0.6 is 0 Å². The van der Waals surface area contributed by atoms with E-state index < -0.39 is 0 Å². The van der Waals surface area contributed by atoms with E-state index in [0.29, 0.717) is 12.2 Å². The first-order chi connectivity index (χ1) is 13.2. The Bertz CT molecular complexity index is 925. The average molecular weight is 361 g/mol. The fourth-order valence-electron chi connectivity index (χ4n) is 2.96. The van der Waals surface area contributed by atoms with Gasteiger partial charge in [-0.05, 0) is 42.0 Å². The molecule has 3 aromatic rings. The summed E-state index contributed by atoms with van der Waals surface area (Å²) >= 11 is 0. The van der Waals surface area contributed by atoms with Crippen LogP contribution in [-0.2, 0) is 4.79 Å². The number of anilines is 2. The topological polar surface area (TPSA) is 61.4 Å². The van der Waals surface area contributed by atoms with Crippen LogP contribution in [0.4, 0.5) is 16.2 Å². The van der Waals surface area contributed by atoms with Gasteiger partial charge in [0.25, 0.3) is 0 Å². The highest BCUT2D eigenvalue weighted by atomic mass is 16.2. The van der Waals surface area contributed by atoms with Crippen LogP contribution in [0.25, 0.3) is 10.8 Å². The number of fused-ring (bicyclic) bond motifs is 1. The normalized spacial score (nSPS) is 10.4. The molecular weight excluding hydrogens is 338 g/mol. The summed E-state index contributed by atoms with van der Waals surface area (Å²) in [7, 11) is 0. The van der Waals surface area contributed by atoms with E-state index in [9.17, 15) is 9.59 Å². The van der Waals surface area contributed by atoms with Crippen molar-refractivity contribution >= 4 is 34.1 Å². The molecule has 5 heteroatoms. The predicted octanol–water partition coefficient (Wildman–Crippen LogP) is 4.40. The quantitative estimate of drug-likeness (QED) is 0.683. The van der Waals surface area contributed by atoms with Crippen LogP contribution in [-0.4, -0.2) is 25.0 Å². The van der Waals surface area contributed by atoms with Gasteiger partial charge in [-0.25, -0.2) is 4.79 Å². The number of benzene rings is 3. The minimum Gasteiger partial charge on any atom is -0.337 e. The van der Waals surface area contributed by atoms with Crippen LogP contribution in [0.5, 0.6) is 0 Å². The van der Waals surface area contributed by atoms with Gasteiger partial charge in [0.2, 0.25) is 5.91 Å². The summed E-state index contributed by atoms with van der Waals surface area (Å²) in [4.78, 5) is 26.2. The van der Waals surface area contributed by atoms with E-state index in [2.05, 4.69) is 10.6 Å². The molecule has 0 saturated heterocycles. The van der Waals surface area contributed by atoms with E-state index in [4.69, 9.17) is 0 Å². The Morgan fingerprint density at radius 1 is 0.889 bits per heavy atom. The number of hydrogen-bond donors (Lipinski definition) is 2. The Morgan fingerprint density at radius 3 is 2.33 bits per heavy atom. The summed E-state index contributed by atoms with van der Waals surface area (Å²) in [6.45, 7) is 2.80. The summed E-state index contributed by atoms with van der Waals surface area (Å²) in [5.41, 5.74) is 1.59. The Morgan fingerprint density at radius 2 is 1.59 bits per heavy atom. The summed E-state index contributed by atoms with van der Waals surface area (Å²) in [5, 5.41) is 7.70.